The van der Waals surface area contributed by atoms with E-state index in [2.05, 4.69) is 12.2 Å². The zero-order valence-corrected chi connectivity index (χ0v) is 13.7. The Morgan fingerprint density at radius 3 is 2.57 bits per heavy atom. The second kappa shape index (κ2) is 8.25. The second-order valence-electron chi connectivity index (χ2n) is 6.15. The monoisotopic (exact) mass is 298 g/mol. The van der Waals surface area contributed by atoms with E-state index in [4.69, 9.17) is 0 Å². The van der Waals surface area contributed by atoms with Crippen LogP contribution < -0.4 is 5.32 Å². The lowest BCUT2D eigenvalue weighted by Gasteiger charge is -2.34. The molecule has 1 rings (SSSR count). The van der Waals surface area contributed by atoms with Crippen LogP contribution in [0.3, 0.4) is 0 Å². The average Bonchev–Trinajstić information content (AvgIpc) is 2.89. The van der Waals surface area contributed by atoms with E-state index in [9.17, 15) is 14.7 Å². The lowest BCUT2D eigenvalue weighted by atomic mass is 9.93. The Kier molecular flexibility index (Phi) is 6.99. The number of carboxylic acid groups (broad SMARTS) is 1. The largest absolute Gasteiger partial charge is 0.479 e. The van der Waals surface area contributed by atoms with Gasteiger partial charge in [-0.05, 0) is 32.6 Å². The van der Waals surface area contributed by atoms with Gasteiger partial charge in [-0.3, -0.25) is 0 Å². The van der Waals surface area contributed by atoms with Crippen LogP contribution in [0.1, 0.15) is 72.1 Å². The van der Waals surface area contributed by atoms with Crippen molar-refractivity contribution in [1.82, 2.24) is 10.2 Å². The Balaban J connectivity index is 2.52. The van der Waals surface area contributed by atoms with Crippen molar-refractivity contribution in [1.29, 1.82) is 0 Å². The lowest BCUT2D eigenvalue weighted by molar-refractivity contribution is -0.148. The summed E-state index contributed by atoms with van der Waals surface area (Å²) in [6.45, 7) is 6.55. The van der Waals surface area contributed by atoms with Crippen molar-refractivity contribution < 1.29 is 14.7 Å². The topological polar surface area (TPSA) is 69.6 Å². The Bertz CT molecular complexity index is 359. The quantitative estimate of drug-likeness (QED) is 0.675. The molecule has 122 valence electrons. The molecule has 0 aromatic rings. The summed E-state index contributed by atoms with van der Waals surface area (Å²) in [6, 6.07) is -0.127. The summed E-state index contributed by atoms with van der Waals surface area (Å²) in [5, 5.41) is 12.5. The van der Waals surface area contributed by atoms with Gasteiger partial charge in [0.1, 0.15) is 5.54 Å². The molecule has 1 saturated heterocycles. The number of carbonyl (C=O) groups is 2. The third-order valence-electron chi connectivity index (χ3n) is 4.58. The number of amides is 2. The summed E-state index contributed by atoms with van der Waals surface area (Å²) in [7, 11) is 0. The summed E-state index contributed by atoms with van der Waals surface area (Å²) < 4.78 is 0. The molecule has 2 unspecified atom stereocenters. The minimum atomic E-state index is -1.01. The average molecular weight is 298 g/mol. The molecule has 0 spiro atoms. The molecule has 5 heteroatoms. The number of rotatable bonds is 8. The summed E-state index contributed by atoms with van der Waals surface area (Å²) in [5.74, 6) is -0.881. The number of nitrogens with zero attached hydrogens (tertiary/aromatic N) is 1. The number of carbonyl (C=O) groups excluding carboxylic acids is 1. The molecule has 0 radical (unpaired) electrons. The van der Waals surface area contributed by atoms with Gasteiger partial charge >= 0.3 is 12.0 Å². The number of likely N-dealkylation sites (tertiary alicyclic amines) is 1. The molecule has 5 nitrogen and oxygen atoms in total. The van der Waals surface area contributed by atoms with Crippen LogP contribution in [0.2, 0.25) is 0 Å². The lowest BCUT2D eigenvalue weighted by Crippen LogP contribution is -2.56. The van der Waals surface area contributed by atoms with E-state index >= 15 is 0 Å². The molecule has 2 N–H and O–H groups in total. The first-order chi connectivity index (χ1) is 9.97. The van der Waals surface area contributed by atoms with Crippen LogP contribution >= 0.6 is 0 Å². The number of unbranched alkanes of at least 4 members (excludes halogenated alkanes) is 3. The van der Waals surface area contributed by atoms with Gasteiger partial charge in [0.2, 0.25) is 0 Å². The van der Waals surface area contributed by atoms with Crippen LogP contribution in [0.25, 0.3) is 0 Å². The van der Waals surface area contributed by atoms with Gasteiger partial charge in [-0.15, -0.1) is 0 Å². The fourth-order valence-electron chi connectivity index (χ4n) is 3.15. The second-order valence-corrected chi connectivity index (χ2v) is 6.15. The van der Waals surface area contributed by atoms with E-state index in [-0.39, 0.29) is 12.1 Å². The highest BCUT2D eigenvalue weighted by atomic mass is 16.4. The number of hydrogen-bond acceptors (Lipinski definition) is 2. The zero-order valence-electron chi connectivity index (χ0n) is 13.7. The van der Waals surface area contributed by atoms with Crippen LogP contribution in [0.4, 0.5) is 4.79 Å². The van der Waals surface area contributed by atoms with Crippen molar-refractivity contribution in [3.05, 3.63) is 0 Å². The summed E-state index contributed by atoms with van der Waals surface area (Å²) >= 11 is 0. The Hall–Kier alpha value is -1.26. The Morgan fingerprint density at radius 2 is 2.00 bits per heavy atom. The normalized spacial score (nSPS) is 23.1. The summed E-state index contributed by atoms with van der Waals surface area (Å²) in [5.41, 5.74) is -1.01. The first kappa shape index (κ1) is 17.8. The van der Waals surface area contributed by atoms with Gasteiger partial charge in [0.25, 0.3) is 0 Å². The van der Waals surface area contributed by atoms with Crippen LogP contribution in [-0.2, 0) is 4.79 Å². The molecule has 0 aromatic heterocycles. The fourth-order valence-corrected chi connectivity index (χ4v) is 3.15. The molecular formula is C16H30N2O3. The van der Waals surface area contributed by atoms with Gasteiger partial charge in [0.15, 0.2) is 0 Å². The van der Waals surface area contributed by atoms with Gasteiger partial charge in [-0.1, -0.05) is 39.5 Å². The third-order valence-corrected chi connectivity index (χ3v) is 4.58. The Morgan fingerprint density at radius 1 is 1.29 bits per heavy atom. The van der Waals surface area contributed by atoms with Crippen molar-refractivity contribution in [3.63, 3.8) is 0 Å². The first-order valence-corrected chi connectivity index (χ1v) is 8.29. The standard InChI is InChI=1S/C16H30N2O3/c1-4-6-7-8-10-13(3)17-15(21)18-12-9-11-16(18,5-2)14(19)20/h13H,4-12H2,1-3H3,(H,17,21)(H,19,20). The van der Waals surface area contributed by atoms with Crippen molar-refractivity contribution in [2.24, 2.45) is 0 Å². The third kappa shape index (κ3) is 4.35. The minimum absolute atomic E-state index is 0.0957. The molecule has 0 aliphatic carbocycles. The highest BCUT2D eigenvalue weighted by molar-refractivity contribution is 5.87. The first-order valence-electron chi connectivity index (χ1n) is 8.29. The summed E-state index contributed by atoms with van der Waals surface area (Å²) in [6.07, 6.45) is 7.44. The number of urea groups is 1. The number of hydrogen-bond donors (Lipinski definition) is 2. The molecule has 2 atom stereocenters. The molecule has 0 bridgehead atoms. The molecule has 0 aromatic carbocycles. The van der Waals surface area contributed by atoms with Crippen LogP contribution in [0.15, 0.2) is 0 Å². The van der Waals surface area contributed by atoms with Gasteiger partial charge in [-0.2, -0.15) is 0 Å². The predicted molar refractivity (Wildman–Crippen MR) is 83.4 cm³/mol. The maximum Gasteiger partial charge on any atom is 0.329 e. The van der Waals surface area contributed by atoms with Crippen LogP contribution in [0.5, 0.6) is 0 Å². The Labute approximate surface area is 128 Å². The van der Waals surface area contributed by atoms with Gasteiger partial charge in [-0.25, -0.2) is 9.59 Å². The van der Waals surface area contributed by atoms with Crippen molar-refractivity contribution >= 4 is 12.0 Å². The highest BCUT2D eigenvalue weighted by Crippen LogP contribution is 2.32. The van der Waals surface area contributed by atoms with E-state index in [1.54, 1.807) is 0 Å². The molecule has 21 heavy (non-hydrogen) atoms. The number of nitrogens with one attached hydrogen (secondary N) is 1. The van der Waals surface area contributed by atoms with Gasteiger partial charge < -0.3 is 15.3 Å². The molecular weight excluding hydrogens is 268 g/mol. The predicted octanol–water partition coefficient (Wildman–Crippen LogP) is 3.38. The minimum Gasteiger partial charge on any atom is -0.479 e. The fraction of sp³-hybridized carbons (Fsp3) is 0.875. The highest BCUT2D eigenvalue weighted by Gasteiger charge is 2.48. The van der Waals surface area contributed by atoms with E-state index in [1.165, 1.54) is 24.2 Å². The molecule has 1 aliphatic rings. The van der Waals surface area contributed by atoms with Crippen LogP contribution in [0, 0.1) is 0 Å². The number of carboxylic acids is 1. The summed E-state index contributed by atoms with van der Waals surface area (Å²) in [4.78, 5) is 25.5. The smallest absolute Gasteiger partial charge is 0.329 e. The number of aliphatic carboxylic acids is 1. The zero-order chi connectivity index (χ0) is 15.9. The molecule has 1 fully saturated rings. The maximum absolute atomic E-state index is 12.4. The van der Waals surface area contributed by atoms with Gasteiger partial charge in [0, 0.05) is 12.6 Å². The maximum atomic E-state index is 12.4. The van der Waals surface area contributed by atoms with Crippen LogP contribution in [-0.4, -0.2) is 40.1 Å². The van der Waals surface area contributed by atoms with Gasteiger partial charge in [0.05, 0.1) is 0 Å². The van der Waals surface area contributed by atoms with Crippen molar-refractivity contribution in [3.8, 4) is 0 Å². The molecule has 1 aliphatic heterocycles. The molecule has 1 heterocycles. The SMILES string of the molecule is CCCCCCC(C)NC(=O)N1CCCC1(CC)C(=O)O. The van der Waals surface area contributed by atoms with E-state index < -0.39 is 11.5 Å². The molecule has 2 amide bonds. The van der Waals surface area contributed by atoms with E-state index in [0.717, 1.165) is 19.3 Å². The van der Waals surface area contributed by atoms with Crippen molar-refractivity contribution in [2.45, 2.75) is 83.7 Å². The van der Waals surface area contributed by atoms with E-state index in [0.29, 0.717) is 19.4 Å². The van der Waals surface area contributed by atoms with E-state index in [1.807, 2.05) is 13.8 Å². The van der Waals surface area contributed by atoms with Crippen molar-refractivity contribution in [2.75, 3.05) is 6.54 Å². The molecule has 0 saturated carbocycles.